The van der Waals surface area contributed by atoms with Gasteiger partial charge in [0.05, 0.1) is 5.69 Å². The third-order valence-corrected chi connectivity index (χ3v) is 8.05. The lowest BCUT2D eigenvalue weighted by Gasteiger charge is -2.31. The molecule has 3 N–H and O–H groups in total. The van der Waals surface area contributed by atoms with Crippen LogP contribution >= 0.6 is 11.3 Å². The summed E-state index contributed by atoms with van der Waals surface area (Å²) in [6, 6.07) is 5.12. The van der Waals surface area contributed by atoms with Crippen molar-refractivity contribution in [1.82, 2.24) is 14.9 Å². The van der Waals surface area contributed by atoms with Gasteiger partial charge in [-0.1, -0.05) is 6.58 Å². The van der Waals surface area contributed by atoms with E-state index in [4.69, 9.17) is 0 Å². The fourth-order valence-electron chi connectivity index (χ4n) is 3.84. The number of sulfonamides is 1. The Morgan fingerprint density at radius 2 is 2.20 bits per heavy atom. The maximum Gasteiger partial charge on any atom is 0.263 e. The van der Waals surface area contributed by atoms with Crippen LogP contribution in [0.5, 0.6) is 0 Å². The Hall–Kier alpha value is -2.43. The Morgan fingerprint density at radius 1 is 1.40 bits per heavy atom. The van der Waals surface area contributed by atoms with Crippen LogP contribution in [0.3, 0.4) is 0 Å². The minimum atomic E-state index is -3.50. The Labute approximate surface area is 179 Å². The van der Waals surface area contributed by atoms with Gasteiger partial charge in [-0.25, -0.2) is 8.42 Å². The van der Waals surface area contributed by atoms with Crippen molar-refractivity contribution in [3.63, 3.8) is 0 Å². The molecular weight excluding hydrogens is 424 g/mol. The van der Waals surface area contributed by atoms with Crippen molar-refractivity contribution in [2.75, 3.05) is 25.0 Å². The van der Waals surface area contributed by atoms with E-state index in [9.17, 15) is 18.0 Å². The average molecular weight is 449 g/mol. The number of carbonyl (C=O) groups excluding carboxylic acids is 2. The fourth-order valence-corrected chi connectivity index (χ4v) is 5.88. The van der Waals surface area contributed by atoms with Crippen LogP contribution in [0.1, 0.15) is 39.8 Å². The van der Waals surface area contributed by atoms with Crippen molar-refractivity contribution in [3.8, 4) is 0 Å². The molecule has 0 spiro atoms. The van der Waals surface area contributed by atoms with Crippen molar-refractivity contribution in [3.05, 3.63) is 40.6 Å². The zero-order valence-electron chi connectivity index (χ0n) is 16.6. The van der Waals surface area contributed by atoms with E-state index < -0.39 is 10.0 Å². The largest absolute Gasteiger partial charge is 0.381 e. The highest BCUT2D eigenvalue weighted by Crippen LogP contribution is 2.37. The van der Waals surface area contributed by atoms with Crippen LogP contribution in [-0.2, 0) is 10.0 Å². The van der Waals surface area contributed by atoms with Gasteiger partial charge < -0.3 is 16.0 Å². The number of benzene rings is 1. The molecule has 8 nitrogen and oxygen atoms in total. The van der Waals surface area contributed by atoms with Crippen molar-refractivity contribution in [2.45, 2.75) is 31.8 Å². The maximum atomic E-state index is 12.9. The molecule has 2 aromatic rings. The third-order valence-electron chi connectivity index (χ3n) is 5.41. The Bertz CT molecular complexity index is 1130. The van der Waals surface area contributed by atoms with E-state index in [0.29, 0.717) is 36.4 Å². The van der Waals surface area contributed by atoms with Crippen molar-refractivity contribution >= 4 is 48.9 Å². The van der Waals surface area contributed by atoms with Crippen LogP contribution in [0.25, 0.3) is 10.1 Å². The van der Waals surface area contributed by atoms with Crippen LogP contribution in [-0.4, -0.2) is 56.3 Å². The average Bonchev–Trinajstić information content (AvgIpc) is 3.03. The summed E-state index contributed by atoms with van der Waals surface area (Å²) in [5, 5.41) is 11.0. The highest BCUT2D eigenvalue weighted by atomic mass is 32.2. The molecule has 0 saturated carbocycles. The molecule has 0 bridgehead atoms. The van der Waals surface area contributed by atoms with Gasteiger partial charge in [0.1, 0.15) is 4.88 Å². The minimum absolute atomic E-state index is 0.0136. The molecular formula is C20H24N4O4S2. The van der Waals surface area contributed by atoms with Crippen molar-refractivity contribution < 1.29 is 18.0 Å². The smallest absolute Gasteiger partial charge is 0.263 e. The first-order chi connectivity index (χ1) is 14.3. The second kappa shape index (κ2) is 8.01. The summed E-state index contributed by atoms with van der Waals surface area (Å²) >= 11 is 1.40. The number of nitrogens with zero attached hydrogens (tertiary/aromatic N) is 1. The van der Waals surface area contributed by atoms with E-state index >= 15 is 0 Å². The number of nitrogens with one attached hydrogen (secondary N) is 3. The first-order valence-corrected chi connectivity index (χ1v) is 12.1. The molecule has 0 unspecified atom stereocenters. The molecule has 2 aliphatic heterocycles. The second-order valence-electron chi connectivity index (χ2n) is 7.65. The van der Waals surface area contributed by atoms with E-state index in [1.54, 1.807) is 12.1 Å². The summed E-state index contributed by atoms with van der Waals surface area (Å²) in [6.07, 6.45) is 1.39. The van der Waals surface area contributed by atoms with Crippen LogP contribution in [0.15, 0.2) is 30.2 Å². The van der Waals surface area contributed by atoms with E-state index in [1.165, 1.54) is 15.6 Å². The molecule has 30 heavy (non-hydrogen) atoms. The maximum absolute atomic E-state index is 12.9. The zero-order valence-corrected chi connectivity index (χ0v) is 18.2. The van der Waals surface area contributed by atoms with E-state index in [0.717, 1.165) is 21.2 Å². The molecule has 2 amide bonds. The Morgan fingerprint density at radius 3 is 2.97 bits per heavy atom. The highest BCUT2D eigenvalue weighted by molar-refractivity contribution is 7.92. The van der Waals surface area contributed by atoms with Gasteiger partial charge in [0.25, 0.3) is 11.8 Å². The lowest BCUT2D eigenvalue weighted by Crippen LogP contribution is -2.49. The lowest BCUT2D eigenvalue weighted by atomic mass is 10.1. The quantitative estimate of drug-likeness (QED) is 0.664. The number of piperidine rings is 1. The van der Waals surface area contributed by atoms with Gasteiger partial charge in [0.15, 0.2) is 0 Å². The molecule has 10 heteroatoms. The topological polar surface area (TPSA) is 108 Å². The second-order valence-corrected chi connectivity index (χ2v) is 10.6. The zero-order chi connectivity index (χ0) is 21.5. The number of hydrogen-bond acceptors (Lipinski definition) is 6. The van der Waals surface area contributed by atoms with Gasteiger partial charge in [-0.05, 0) is 38.0 Å². The molecule has 1 aromatic heterocycles. The predicted molar refractivity (Wildman–Crippen MR) is 118 cm³/mol. The summed E-state index contributed by atoms with van der Waals surface area (Å²) in [5.74, 6) is -0.369. The van der Waals surface area contributed by atoms with Crippen LogP contribution < -0.4 is 16.0 Å². The fraction of sp³-hybridized carbons (Fsp3) is 0.400. The van der Waals surface area contributed by atoms with Gasteiger partial charge in [0, 0.05) is 52.8 Å². The summed E-state index contributed by atoms with van der Waals surface area (Å²) in [6.45, 7) is 6.57. The molecule has 2 aliphatic rings. The molecule has 1 aromatic carbocycles. The van der Waals surface area contributed by atoms with Crippen molar-refractivity contribution in [1.29, 1.82) is 0 Å². The van der Waals surface area contributed by atoms with E-state index in [-0.39, 0.29) is 30.4 Å². The van der Waals surface area contributed by atoms with Gasteiger partial charge >= 0.3 is 0 Å². The number of hydrogen-bond donors (Lipinski definition) is 3. The Kier molecular flexibility index (Phi) is 5.56. The molecule has 0 aliphatic carbocycles. The lowest BCUT2D eigenvalue weighted by molar-refractivity contribution is 0.0919. The first-order valence-electron chi connectivity index (χ1n) is 9.83. The number of rotatable bonds is 4. The predicted octanol–water partition coefficient (Wildman–Crippen LogP) is 2.11. The monoisotopic (exact) mass is 448 g/mol. The number of carbonyl (C=O) groups is 2. The van der Waals surface area contributed by atoms with Crippen LogP contribution in [0.4, 0.5) is 5.69 Å². The third kappa shape index (κ3) is 3.94. The summed E-state index contributed by atoms with van der Waals surface area (Å²) in [7, 11) is -3.50. The Balaban J connectivity index is 1.55. The summed E-state index contributed by atoms with van der Waals surface area (Å²) < 4.78 is 26.4. The number of thiophene rings is 1. The first kappa shape index (κ1) is 20.8. The molecule has 1 fully saturated rings. The van der Waals surface area contributed by atoms with E-state index in [1.807, 2.05) is 13.0 Å². The minimum Gasteiger partial charge on any atom is -0.381 e. The number of fused-ring (bicyclic) bond motifs is 3. The number of anilines is 1. The molecule has 1 saturated heterocycles. The molecule has 4 rings (SSSR count). The van der Waals surface area contributed by atoms with Crippen molar-refractivity contribution in [2.24, 2.45) is 0 Å². The standard InChI is InChI=1S/C20H24N4O4S2/c1-3-30(27,28)24-8-4-5-14(11-24)23-19(25)13-6-7-16-15(9-13)17-18(29-16)20(26)22-12(2)10-21-17/h3,6-7,9,12,14,21H,1,4-5,8,10-11H2,2H3,(H,22,26)(H,23,25)/t12-,14+/m1/s1. The van der Waals surface area contributed by atoms with Gasteiger partial charge in [-0.2, -0.15) is 4.31 Å². The molecule has 160 valence electrons. The molecule has 3 heterocycles. The normalized spacial score (nSPS) is 22.5. The van der Waals surface area contributed by atoms with Gasteiger partial charge in [-0.15, -0.1) is 11.3 Å². The van der Waals surface area contributed by atoms with Gasteiger partial charge in [-0.3, -0.25) is 9.59 Å². The summed E-state index contributed by atoms with van der Waals surface area (Å²) in [5.41, 5.74) is 1.23. The number of amides is 2. The van der Waals surface area contributed by atoms with Crippen LogP contribution in [0, 0.1) is 0 Å². The van der Waals surface area contributed by atoms with Crippen LogP contribution in [0.2, 0.25) is 0 Å². The molecule has 2 atom stereocenters. The van der Waals surface area contributed by atoms with Gasteiger partial charge in [0.2, 0.25) is 10.0 Å². The summed E-state index contributed by atoms with van der Waals surface area (Å²) in [4.78, 5) is 25.9. The molecule has 0 radical (unpaired) electrons. The van der Waals surface area contributed by atoms with E-state index in [2.05, 4.69) is 22.5 Å². The SMILES string of the molecule is C=CS(=O)(=O)N1CCC[C@H](NC(=O)c2ccc3sc4c(c3c2)NC[C@@H](C)NC4=O)C1. The highest BCUT2D eigenvalue weighted by Gasteiger charge is 2.28.